The smallest absolute Gasteiger partial charge is 0.421 e. The van der Waals surface area contributed by atoms with Crippen molar-refractivity contribution in [2.45, 2.75) is 37.6 Å². The van der Waals surface area contributed by atoms with Crippen LogP contribution in [-0.2, 0) is 10.9 Å². The summed E-state index contributed by atoms with van der Waals surface area (Å²) in [5.41, 5.74) is 0.630. The van der Waals surface area contributed by atoms with Gasteiger partial charge in [-0.15, -0.1) is 0 Å². The molecular weight excluding hydrogens is 451 g/mol. The zero-order valence-electron chi connectivity index (χ0n) is 18.7. The van der Waals surface area contributed by atoms with Crippen LogP contribution in [0.25, 0.3) is 11.1 Å². The second-order valence-corrected chi connectivity index (χ2v) is 8.95. The summed E-state index contributed by atoms with van der Waals surface area (Å²) in [5, 5.41) is 2.95. The molecule has 1 N–H and O–H groups in total. The van der Waals surface area contributed by atoms with Crippen LogP contribution in [0.5, 0.6) is 11.6 Å². The van der Waals surface area contributed by atoms with E-state index in [1.165, 1.54) is 6.20 Å². The van der Waals surface area contributed by atoms with Crippen molar-refractivity contribution in [3.05, 3.63) is 41.6 Å². The van der Waals surface area contributed by atoms with Crippen molar-refractivity contribution >= 4 is 6.09 Å². The van der Waals surface area contributed by atoms with Gasteiger partial charge >= 0.3 is 12.3 Å². The number of pyridine rings is 1. The van der Waals surface area contributed by atoms with E-state index in [9.17, 15) is 18.0 Å². The van der Waals surface area contributed by atoms with Gasteiger partial charge < -0.3 is 19.5 Å². The Bertz CT molecular complexity index is 1070. The summed E-state index contributed by atoms with van der Waals surface area (Å²) in [6, 6.07) is 5.85. The largest absolute Gasteiger partial charge is 0.493 e. The minimum absolute atomic E-state index is 0.0883. The van der Waals surface area contributed by atoms with Gasteiger partial charge in [-0.3, -0.25) is 4.90 Å². The number of alkyl carbamates (subject to hydrolysis) is 1. The highest BCUT2D eigenvalue weighted by molar-refractivity contribution is 5.70. The van der Waals surface area contributed by atoms with Crippen molar-refractivity contribution in [1.29, 1.82) is 0 Å². The lowest BCUT2D eigenvalue weighted by Crippen LogP contribution is -2.52. The quantitative estimate of drug-likeness (QED) is 0.703. The second-order valence-electron chi connectivity index (χ2n) is 8.95. The first-order valence-corrected chi connectivity index (χ1v) is 11.4. The number of amides is 1. The van der Waals surface area contributed by atoms with Crippen molar-refractivity contribution < 1.29 is 32.2 Å². The molecule has 1 aromatic carbocycles. The zero-order chi connectivity index (χ0) is 23.9. The number of alkyl halides is 3. The molecule has 1 aromatic heterocycles. The first-order valence-electron chi connectivity index (χ1n) is 11.4. The molecule has 182 valence electrons. The Morgan fingerprint density at radius 2 is 1.97 bits per heavy atom. The Kier molecular flexibility index (Phi) is 6.01. The van der Waals surface area contributed by atoms with E-state index in [0.717, 1.165) is 51.2 Å². The van der Waals surface area contributed by atoms with Crippen LogP contribution in [0, 0.1) is 5.92 Å². The molecule has 0 saturated carbocycles. The molecule has 2 aromatic rings. The highest BCUT2D eigenvalue weighted by atomic mass is 19.4. The van der Waals surface area contributed by atoms with Crippen LogP contribution in [-0.4, -0.2) is 55.4 Å². The van der Waals surface area contributed by atoms with Gasteiger partial charge in [0.2, 0.25) is 5.88 Å². The predicted octanol–water partition coefficient (Wildman–Crippen LogP) is 4.42. The summed E-state index contributed by atoms with van der Waals surface area (Å²) in [6.45, 7) is 3.28. The number of halogens is 3. The summed E-state index contributed by atoms with van der Waals surface area (Å²) in [6.07, 6.45) is -1.12. The number of benzene rings is 1. The van der Waals surface area contributed by atoms with E-state index in [-0.39, 0.29) is 17.7 Å². The number of hydrogen-bond acceptors (Lipinski definition) is 6. The van der Waals surface area contributed by atoms with E-state index >= 15 is 0 Å². The molecule has 0 radical (unpaired) electrons. The maximum Gasteiger partial charge on any atom is 0.421 e. The van der Waals surface area contributed by atoms with E-state index in [1.54, 1.807) is 18.2 Å². The number of aromatic nitrogens is 1. The van der Waals surface area contributed by atoms with Gasteiger partial charge in [0.05, 0.1) is 19.8 Å². The number of carbonyl (C=O) groups excluding carboxylic acids is 1. The van der Waals surface area contributed by atoms with Gasteiger partial charge in [0.25, 0.3) is 0 Å². The lowest BCUT2D eigenvalue weighted by Gasteiger charge is -2.44. The summed E-state index contributed by atoms with van der Waals surface area (Å²) >= 11 is 0. The topological polar surface area (TPSA) is 72.9 Å². The third kappa shape index (κ3) is 4.51. The molecule has 1 amide bonds. The summed E-state index contributed by atoms with van der Waals surface area (Å²) in [7, 11) is 1.15. The Balaban J connectivity index is 1.32. The number of ether oxygens (including phenoxy) is 3. The number of hydrogen-bond donors (Lipinski definition) is 1. The summed E-state index contributed by atoms with van der Waals surface area (Å²) < 4.78 is 56.5. The average molecular weight is 477 g/mol. The molecule has 3 fully saturated rings. The van der Waals surface area contributed by atoms with Crippen LogP contribution in [0.1, 0.15) is 36.4 Å². The van der Waals surface area contributed by atoms with E-state index < -0.39 is 23.7 Å². The fourth-order valence-corrected chi connectivity index (χ4v) is 5.05. The number of carbonyl (C=O) groups is 1. The number of rotatable bonds is 4. The van der Waals surface area contributed by atoms with Crippen LogP contribution in [0.4, 0.5) is 18.0 Å². The zero-order valence-corrected chi connectivity index (χ0v) is 18.7. The van der Waals surface area contributed by atoms with Crippen molar-refractivity contribution in [3.63, 3.8) is 0 Å². The Hall–Kier alpha value is -3.01. The molecule has 1 unspecified atom stereocenters. The van der Waals surface area contributed by atoms with Crippen LogP contribution in [0.2, 0.25) is 0 Å². The predicted molar refractivity (Wildman–Crippen MR) is 117 cm³/mol. The molecule has 6 rings (SSSR count). The van der Waals surface area contributed by atoms with Crippen molar-refractivity contribution in [2.75, 3.05) is 33.4 Å². The molecule has 7 nitrogen and oxygen atoms in total. The molecule has 4 aliphatic rings. The third-order valence-corrected chi connectivity index (χ3v) is 6.88. The molecule has 2 atom stereocenters. The fourth-order valence-electron chi connectivity index (χ4n) is 5.05. The van der Waals surface area contributed by atoms with E-state index in [4.69, 9.17) is 14.2 Å². The van der Waals surface area contributed by atoms with E-state index in [1.807, 2.05) is 0 Å². The molecule has 10 heteroatoms. The van der Waals surface area contributed by atoms with Crippen molar-refractivity contribution in [1.82, 2.24) is 15.2 Å². The Labute approximate surface area is 195 Å². The van der Waals surface area contributed by atoms with Gasteiger partial charge in [0.15, 0.2) is 0 Å². The van der Waals surface area contributed by atoms with E-state index in [0.29, 0.717) is 30.3 Å². The van der Waals surface area contributed by atoms with Gasteiger partial charge in [0.1, 0.15) is 17.4 Å². The Morgan fingerprint density at radius 1 is 1.18 bits per heavy atom. The van der Waals surface area contributed by atoms with Gasteiger partial charge in [0, 0.05) is 30.3 Å². The van der Waals surface area contributed by atoms with Crippen LogP contribution >= 0.6 is 0 Å². The van der Waals surface area contributed by atoms with Gasteiger partial charge in [-0.2, -0.15) is 13.2 Å². The Morgan fingerprint density at radius 3 is 2.65 bits per heavy atom. The fraction of sp³-hybridized carbons (Fsp3) is 0.500. The number of nitrogens with one attached hydrogen (secondary N) is 1. The molecule has 0 spiro atoms. The first kappa shape index (κ1) is 22.8. The van der Waals surface area contributed by atoms with Crippen LogP contribution in [0.3, 0.4) is 0 Å². The number of fused-ring (bicyclic) bond motifs is 4. The maximum atomic E-state index is 13.4. The number of nitrogens with zero attached hydrogens (tertiary/aromatic N) is 2. The lowest BCUT2D eigenvalue weighted by molar-refractivity contribution is -0.139. The molecule has 4 aliphatic heterocycles. The highest BCUT2D eigenvalue weighted by Crippen LogP contribution is 2.40. The average Bonchev–Trinajstić information content (AvgIpc) is 2.83. The van der Waals surface area contributed by atoms with Gasteiger partial charge in [-0.1, -0.05) is 12.1 Å². The first-order chi connectivity index (χ1) is 16.3. The van der Waals surface area contributed by atoms with E-state index in [2.05, 4.69) is 15.2 Å². The number of piperidine rings is 3. The summed E-state index contributed by atoms with van der Waals surface area (Å²) in [5.74, 6) is 0.456. The van der Waals surface area contributed by atoms with Crippen molar-refractivity contribution in [3.8, 4) is 22.8 Å². The standard InChI is InChI=1S/C24H26F3N3O4/c1-32-22-18(24(25,26)27)10-16(12-28-22)15-2-3-17-19(6-9-33-20(17)11-15)29-23(31)34-21-13-30-7-4-14(21)5-8-30/h2-3,10-12,14,19,21H,4-9,13H2,1H3,(H,29,31)/t19?,21-/m0/s1. The molecule has 3 saturated heterocycles. The monoisotopic (exact) mass is 477 g/mol. The molecule has 0 aliphatic carbocycles. The SMILES string of the molecule is COc1ncc(-c2ccc3c(c2)OCCC3NC(=O)O[C@H]2CN3CCC2CC3)cc1C(F)(F)F. The lowest BCUT2D eigenvalue weighted by atomic mass is 9.86. The third-order valence-electron chi connectivity index (χ3n) is 6.88. The van der Waals surface area contributed by atoms with Crippen molar-refractivity contribution in [2.24, 2.45) is 5.92 Å². The highest BCUT2D eigenvalue weighted by Gasteiger charge is 2.37. The molecule has 34 heavy (non-hydrogen) atoms. The summed E-state index contributed by atoms with van der Waals surface area (Å²) in [4.78, 5) is 18.8. The molecule has 5 heterocycles. The van der Waals surface area contributed by atoms with Crippen LogP contribution in [0.15, 0.2) is 30.5 Å². The molecule has 2 bridgehead atoms. The normalized spacial score (nSPS) is 25.8. The maximum absolute atomic E-state index is 13.4. The van der Waals surface area contributed by atoms with Gasteiger partial charge in [-0.25, -0.2) is 9.78 Å². The minimum atomic E-state index is -4.59. The van der Waals surface area contributed by atoms with Gasteiger partial charge in [-0.05, 0) is 49.5 Å². The number of methoxy groups -OCH3 is 1. The van der Waals surface area contributed by atoms with Crippen LogP contribution < -0.4 is 14.8 Å². The minimum Gasteiger partial charge on any atom is -0.493 e. The second kappa shape index (κ2) is 8.98. The molecular formula is C24H26F3N3O4.